The van der Waals surface area contributed by atoms with Gasteiger partial charge in [0.25, 0.3) is 0 Å². The maximum absolute atomic E-state index is 12.5. The van der Waals surface area contributed by atoms with Crippen LogP contribution in [-0.2, 0) is 14.3 Å². The third kappa shape index (κ3) is 59.4. The van der Waals surface area contributed by atoms with Gasteiger partial charge in [0, 0.05) is 12.8 Å². The van der Waals surface area contributed by atoms with Gasteiger partial charge in [-0.1, -0.05) is 301 Å². The van der Waals surface area contributed by atoms with Crippen molar-refractivity contribution in [3.8, 4) is 0 Å². The van der Waals surface area contributed by atoms with Gasteiger partial charge in [-0.3, -0.25) is 9.59 Å². The number of aliphatic hydroxyl groups excluding tert-OH is 2. The first-order valence-electron chi connectivity index (χ1n) is 33.1. The number of amides is 1. The lowest BCUT2D eigenvalue weighted by molar-refractivity contribution is -0.143. The van der Waals surface area contributed by atoms with Crippen molar-refractivity contribution < 1.29 is 24.5 Å². The Morgan fingerprint density at radius 1 is 0.370 bits per heavy atom. The van der Waals surface area contributed by atoms with E-state index in [0.29, 0.717) is 25.9 Å². The van der Waals surface area contributed by atoms with E-state index in [2.05, 4.69) is 43.5 Å². The molecule has 0 saturated carbocycles. The molecule has 0 rings (SSSR count). The van der Waals surface area contributed by atoms with Gasteiger partial charge in [-0.25, -0.2) is 0 Å². The van der Waals surface area contributed by atoms with E-state index in [-0.39, 0.29) is 18.5 Å². The predicted molar refractivity (Wildman–Crippen MR) is 320 cm³/mol. The Hall–Kier alpha value is -1.66. The topological polar surface area (TPSA) is 95.9 Å². The van der Waals surface area contributed by atoms with Crippen molar-refractivity contribution in [1.82, 2.24) is 5.32 Å². The van der Waals surface area contributed by atoms with Crippen LogP contribution < -0.4 is 5.32 Å². The van der Waals surface area contributed by atoms with Crippen LogP contribution in [0.5, 0.6) is 0 Å². The molecule has 0 aliphatic rings. The quantitative estimate of drug-likeness (QED) is 0.0320. The van der Waals surface area contributed by atoms with E-state index in [9.17, 15) is 19.8 Å². The van der Waals surface area contributed by atoms with E-state index in [0.717, 1.165) is 44.9 Å². The van der Waals surface area contributed by atoms with Crippen LogP contribution in [0.15, 0.2) is 24.3 Å². The van der Waals surface area contributed by atoms with Crippen LogP contribution in [0.25, 0.3) is 0 Å². The Labute approximate surface area is 456 Å². The molecule has 0 heterocycles. The van der Waals surface area contributed by atoms with Gasteiger partial charge in [0.2, 0.25) is 5.91 Å². The van der Waals surface area contributed by atoms with Gasteiger partial charge < -0.3 is 20.3 Å². The minimum Gasteiger partial charge on any atom is -0.466 e. The predicted octanol–water partition coefficient (Wildman–Crippen LogP) is 21.0. The molecule has 0 aliphatic carbocycles. The molecule has 0 radical (unpaired) electrons. The summed E-state index contributed by atoms with van der Waals surface area (Å²) in [6.45, 7) is 4.96. The molecule has 432 valence electrons. The van der Waals surface area contributed by atoms with E-state index in [1.165, 1.54) is 289 Å². The Bertz CT molecular complexity index is 1140. The minimum absolute atomic E-state index is 0.00889. The van der Waals surface area contributed by atoms with Gasteiger partial charge in [0.1, 0.15) is 0 Å². The van der Waals surface area contributed by atoms with Crippen LogP contribution in [0.2, 0.25) is 0 Å². The number of aliphatic hydroxyl groups is 2. The molecular weight excluding hydrogens is 899 g/mol. The number of unbranched alkanes of at least 4 members (excludes halogenated alkanes) is 47. The number of hydrogen-bond donors (Lipinski definition) is 3. The van der Waals surface area contributed by atoms with Crippen LogP contribution in [0, 0.1) is 0 Å². The summed E-state index contributed by atoms with van der Waals surface area (Å²) in [7, 11) is 0. The summed E-state index contributed by atoms with van der Waals surface area (Å²) in [6.07, 6.45) is 77.9. The highest BCUT2D eigenvalue weighted by atomic mass is 16.5. The van der Waals surface area contributed by atoms with Crippen molar-refractivity contribution in [3.63, 3.8) is 0 Å². The second-order valence-corrected chi connectivity index (χ2v) is 22.8. The second kappa shape index (κ2) is 62.9. The number of allylic oxidation sites excluding steroid dienone is 4. The molecule has 0 bridgehead atoms. The number of hydrogen-bond acceptors (Lipinski definition) is 5. The molecule has 0 aromatic carbocycles. The molecule has 3 N–H and O–H groups in total. The third-order valence-corrected chi connectivity index (χ3v) is 15.5. The molecule has 0 fully saturated rings. The van der Waals surface area contributed by atoms with Crippen LogP contribution in [0.4, 0.5) is 0 Å². The van der Waals surface area contributed by atoms with Gasteiger partial charge in [-0.15, -0.1) is 0 Å². The molecule has 0 spiro atoms. The van der Waals surface area contributed by atoms with E-state index >= 15 is 0 Å². The summed E-state index contributed by atoms with van der Waals surface area (Å²) in [6, 6.07) is -0.539. The Morgan fingerprint density at radius 2 is 0.644 bits per heavy atom. The van der Waals surface area contributed by atoms with Gasteiger partial charge >= 0.3 is 5.97 Å². The zero-order chi connectivity index (χ0) is 52.9. The molecule has 73 heavy (non-hydrogen) atoms. The smallest absolute Gasteiger partial charge is 0.305 e. The Morgan fingerprint density at radius 3 is 0.973 bits per heavy atom. The second-order valence-electron chi connectivity index (χ2n) is 22.8. The SMILES string of the molecule is CCCCCCC/C=C\CCCCCCCC(=O)OCCCCCCCCCCCCCC/C=C\CCCCCCCCCCCCCCCCC(=O)NC(CO)C(O)CCCCCCCCCCCCCC. The third-order valence-electron chi connectivity index (χ3n) is 15.5. The van der Waals surface area contributed by atoms with Crippen molar-refractivity contribution in [2.24, 2.45) is 0 Å². The summed E-state index contributed by atoms with van der Waals surface area (Å²) in [4.78, 5) is 24.5. The monoisotopic (exact) mass is 1030 g/mol. The largest absolute Gasteiger partial charge is 0.466 e. The fourth-order valence-electron chi connectivity index (χ4n) is 10.4. The summed E-state index contributed by atoms with van der Waals surface area (Å²) < 4.78 is 5.48. The van der Waals surface area contributed by atoms with Crippen molar-refractivity contribution in [2.45, 2.75) is 379 Å². The number of carbonyl (C=O) groups is 2. The van der Waals surface area contributed by atoms with Crippen LogP contribution >= 0.6 is 0 Å². The Kier molecular flexibility index (Phi) is 61.4. The number of rotatable bonds is 62. The molecule has 6 nitrogen and oxygen atoms in total. The fourth-order valence-corrected chi connectivity index (χ4v) is 10.4. The normalized spacial score (nSPS) is 12.7. The first kappa shape index (κ1) is 71.3. The maximum atomic E-state index is 12.5. The van der Waals surface area contributed by atoms with Crippen molar-refractivity contribution in [3.05, 3.63) is 24.3 Å². The standard InChI is InChI=1S/C67H129NO5/c1-3-5-7-9-11-13-15-17-37-41-45-49-53-57-61-67(72)73-62-58-54-50-46-42-38-35-33-31-29-27-25-23-21-19-18-20-22-24-26-28-30-32-34-36-40-44-48-52-56-60-66(71)68-64(63-69)65(70)59-55-51-47-43-39-16-14-12-10-8-6-4-2/h15,17,19,21,64-65,69-70H,3-14,16,18,20,22-63H2,1-2H3,(H,68,71)/b17-15-,21-19-. The van der Waals surface area contributed by atoms with Crippen molar-refractivity contribution in [1.29, 1.82) is 0 Å². The molecule has 6 heteroatoms. The average molecular weight is 1030 g/mol. The summed E-state index contributed by atoms with van der Waals surface area (Å²) in [5.74, 6) is -0.0235. The highest BCUT2D eigenvalue weighted by Crippen LogP contribution is 2.18. The van der Waals surface area contributed by atoms with Crippen molar-refractivity contribution in [2.75, 3.05) is 13.2 Å². The molecule has 0 aromatic rings. The highest BCUT2D eigenvalue weighted by molar-refractivity contribution is 5.76. The number of ether oxygens (including phenoxy) is 1. The number of carbonyl (C=O) groups excluding carboxylic acids is 2. The van der Waals surface area contributed by atoms with Crippen LogP contribution in [-0.4, -0.2) is 47.4 Å². The lowest BCUT2D eigenvalue weighted by atomic mass is 10.0. The van der Waals surface area contributed by atoms with Gasteiger partial charge in [0.05, 0.1) is 25.4 Å². The molecule has 0 aromatic heterocycles. The minimum atomic E-state index is -0.662. The lowest BCUT2D eigenvalue weighted by Crippen LogP contribution is -2.45. The summed E-state index contributed by atoms with van der Waals surface area (Å²) >= 11 is 0. The summed E-state index contributed by atoms with van der Waals surface area (Å²) in [5, 5.41) is 23.2. The van der Waals surface area contributed by atoms with Gasteiger partial charge in [-0.05, 0) is 77.0 Å². The molecule has 2 atom stereocenters. The van der Waals surface area contributed by atoms with Crippen LogP contribution in [0.1, 0.15) is 367 Å². The van der Waals surface area contributed by atoms with E-state index in [1.54, 1.807) is 0 Å². The molecular formula is C67H129NO5. The zero-order valence-electron chi connectivity index (χ0n) is 49.4. The lowest BCUT2D eigenvalue weighted by Gasteiger charge is -2.22. The van der Waals surface area contributed by atoms with E-state index < -0.39 is 12.1 Å². The fraction of sp³-hybridized carbons (Fsp3) is 0.910. The number of esters is 1. The molecule has 0 aliphatic heterocycles. The van der Waals surface area contributed by atoms with Gasteiger partial charge in [-0.2, -0.15) is 0 Å². The van der Waals surface area contributed by atoms with Crippen LogP contribution in [0.3, 0.4) is 0 Å². The molecule has 2 unspecified atom stereocenters. The van der Waals surface area contributed by atoms with E-state index in [4.69, 9.17) is 4.74 Å². The van der Waals surface area contributed by atoms with Gasteiger partial charge in [0.15, 0.2) is 0 Å². The summed E-state index contributed by atoms with van der Waals surface area (Å²) in [5.41, 5.74) is 0. The molecule has 1 amide bonds. The average Bonchev–Trinajstić information content (AvgIpc) is 3.39. The number of nitrogens with one attached hydrogen (secondary N) is 1. The highest BCUT2D eigenvalue weighted by Gasteiger charge is 2.20. The first-order chi connectivity index (χ1) is 36.0. The Balaban J connectivity index is 3.35. The zero-order valence-corrected chi connectivity index (χ0v) is 49.4. The molecule has 0 saturated heterocycles. The van der Waals surface area contributed by atoms with Crippen molar-refractivity contribution >= 4 is 11.9 Å². The maximum Gasteiger partial charge on any atom is 0.305 e. The van der Waals surface area contributed by atoms with E-state index in [1.807, 2.05) is 0 Å². The first-order valence-corrected chi connectivity index (χ1v) is 33.1.